The molecule has 2 saturated heterocycles. The van der Waals surface area contributed by atoms with Crippen molar-refractivity contribution < 1.29 is 24.0 Å². The van der Waals surface area contributed by atoms with Gasteiger partial charge in [0, 0.05) is 5.02 Å². The molecule has 25 heavy (non-hydrogen) atoms. The van der Waals surface area contributed by atoms with E-state index in [1.807, 2.05) is 0 Å². The molecule has 0 bridgehead atoms. The number of rotatable bonds is 3. The third-order valence-electron chi connectivity index (χ3n) is 4.64. The minimum absolute atomic E-state index is 0.181. The highest BCUT2D eigenvalue weighted by Gasteiger charge is 2.46. The van der Waals surface area contributed by atoms with Crippen LogP contribution in [-0.2, 0) is 14.3 Å². The zero-order valence-electron chi connectivity index (χ0n) is 14.0. The summed E-state index contributed by atoms with van der Waals surface area (Å²) >= 11 is 5.97. The van der Waals surface area contributed by atoms with Crippen molar-refractivity contribution in [3.05, 3.63) is 29.3 Å². The average Bonchev–Trinajstić information content (AvgIpc) is 2.90. The second-order valence-corrected chi connectivity index (χ2v) is 6.58. The summed E-state index contributed by atoms with van der Waals surface area (Å²) in [6.45, 7) is 4.38. The zero-order valence-corrected chi connectivity index (χ0v) is 14.8. The maximum absolute atomic E-state index is 12.8. The number of carbonyl (C=O) groups excluding carboxylic acids is 3. The number of hydrogen-bond donors (Lipinski definition) is 1. The molecule has 2 aliphatic heterocycles. The Hall–Kier alpha value is -2.12. The molecule has 0 saturated carbocycles. The van der Waals surface area contributed by atoms with Crippen molar-refractivity contribution in [3.8, 4) is 0 Å². The SMILES string of the molecule is CCOC(=O)N1CC[NH+]([C@H]2CC(=O)N(c3cccc(Cl)c3)C2=O)CC1. The molecule has 1 atom stereocenters. The summed E-state index contributed by atoms with van der Waals surface area (Å²) in [6, 6.07) is 6.34. The highest BCUT2D eigenvalue weighted by molar-refractivity contribution is 6.31. The van der Waals surface area contributed by atoms with E-state index in [2.05, 4.69) is 0 Å². The number of amides is 3. The van der Waals surface area contributed by atoms with Crippen LogP contribution in [0.4, 0.5) is 10.5 Å². The fourth-order valence-electron chi connectivity index (χ4n) is 3.38. The van der Waals surface area contributed by atoms with Crippen molar-refractivity contribution in [2.75, 3.05) is 37.7 Å². The summed E-state index contributed by atoms with van der Waals surface area (Å²) in [5.74, 6) is -0.413. The van der Waals surface area contributed by atoms with Gasteiger partial charge < -0.3 is 9.64 Å². The van der Waals surface area contributed by atoms with Gasteiger partial charge in [-0.05, 0) is 25.1 Å². The van der Waals surface area contributed by atoms with Crippen LogP contribution in [-0.4, -0.2) is 61.6 Å². The summed E-state index contributed by atoms with van der Waals surface area (Å²) in [7, 11) is 0. The van der Waals surface area contributed by atoms with Gasteiger partial charge in [-0.1, -0.05) is 17.7 Å². The molecule has 1 aromatic carbocycles. The summed E-state index contributed by atoms with van der Waals surface area (Å²) in [6.07, 6.45) is -0.143. The minimum atomic E-state index is -0.407. The molecule has 2 heterocycles. The van der Waals surface area contributed by atoms with Crippen LogP contribution in [0, 0.1) is 0 Å². The van der Waals surface area contributed by atoms with Gasteiger partial charge in [0.25, 0.3) is 5.91 Å². The van der Waals surface area contributed by atoms with E-state index in [-0.39, 0.29) is 24.3 Å². The number of anilines is 1. The Morgan fingerprint density at radius 3 is 2.68 bits per heavy atom. The highest BCUT2D eigenvalue weighted by atomic mass is 35.5. The summed E-state index contributed by atoms with van der Waals surface area (Å²) < 4.78 is 5.00. The number of carbonyl (C=O) groups is 3. The molecule has 0 spiro atoms. The molecular weight excluding hydrogens is 346 g/mol. The molecule has 3 rings (SSSR count). The number of piperazine rings is 1. The van der Waals surface area contributed by atoms with Gasteiger partial charge in [0.2, 0.25) is 5.91 Å². The first-order valence-corrected chi connectivity index (χ1v) is 8.77. The maximum Gasteiger partial charge on any atom is 0.410 e. The van der Waals surface area contributed by atoms with E-state index in [0.29, 0.717) is 43.5 Å². The normalized spacial score (nSPS) is 21.8. The zero-order chi connectivity index (χ0) is 18.0. The Morgan fingerprint density at radius 1 is 1.32 bits per heavy atom. The van der Waals surface area contributed by atoms with Crippen LogP contribution >= 0.6 is 11.6 Å². The molecule has 2 fully saturated rings. The van der Waals surface area contributed by atoms with Crippen LogP contribution in [0.2, 0.25) is 5.02 Å². The van der Waals surface area contributed by atoms with Crippen molar-refractivity contribution in [3.63, 3.8) is 0 Å². The monoisotopic (exact) mass is 366 g/mol. The standard InChI is InChI=1S/C17H20ClN3O4/c1-2-25-17(24)20-8-6-19(7-9-20)14-11-15(22)21(16(14)23)13-5-3-4-12(18)10-13/h3-5,10,14H,2,6-9,11H2,1H3/p+1/t14-/m0/s1. The second kappa shape index (κ2) is 7.41. The molecule has 0 radical (unpaired) electrons. The largest absolute Gasteiger partial charge is 0.450 e. The van der Waals surface area contributed by atoms with Crippen LogP contribution in [0.15, 0.2) is 24.3 Å². The van der Waals surface area contributed by atoms with E-state index in [1.165, 1.54) is 4.90 Å². The Labute approximate surface area is 151 Å². The van der Waals surface area contributed by atoms with E-state index < -0.39 is 6.04 Å². The smallest absolute Gasteiger partial charge is 0.410 e. The number of quaternary nitrogens is 1. The third-order valence-corrected chi connectivity index (χ3v) is 4.87. The Morgan fingerprint density at radius 2 is 2.04 bits per heavy atom. The van der Waals surface area contributed by atoms with Crippen LogP contribution in [0.1, 0.15) is 13.3 Å². The van der Waals surface area contributed by atoms with Crippen molar-refractivity contribution >= 4 is 35.2 Å². The van der Waals surface area contributed by atoms with Gasteiger partial charge in [-0.15, -0.1) is 0 Å². The number of nitrogens with one attached hydrogen (secondary N) is 1. The second-order valence-electron chi connectivity index (χ2n) is 6.15. The maximum atomic E-state index is 12.8. The lowest BCUT2D eigenvalue weighted by molar-refractivity contribution is -0.918. The van der Waals surface area contributed by atoms with Gasteiger partial charge in [0.05, 0.1) is 44.9 Å². The number of nitrogens with zero attached hydrogens (tertiary/aromatic N) is 2. The number of benzene rings is 1. The first-order valence-electron chi connectivity index (χ1n) is 8.40. The third kappa shape index (κ3) is 3.62. The predicted molar refractivity (Wildman–Crippen MR) is 91.6 cm³/mol. The number of halogens is 1. The molecule has 8 heteroatoms. The number of ether oxygens (including phenoxy) is 1. The number of imide groups is 1. The summed E-state index contributed by atoms with van der Waals surface area (Å²) in [4.78, 5) is 40.8. The Bertz CT molecular complexity index is 688. The molecule has 134 valence electrons. The van der Waals surface area contributed by atoms with Crippen molar-refractivity contribution in [2.45, 2.75) is 19.4 Å². The average molecular weight is 367 g/mol. The molecule has 1 aromatic rings. The van der Waals surface area contributed by atoms with Gasteiger partial charge in [-0.3, -0.25) is 14.5 Å². The highest BCUT2D eigenvalue weighted by Crippen LogP contribution is 2.24. The van der Waals surface area contributed by atoms with Gasteiger partial charge in [-0.2, -0.15) is 0 Å². The molecule has 1 N–H and O–H groups in total. The fraction of sp³-hybridized carbons (Fsp3) is 0.471. The quantitative estimate of drug-likeness (QED) is 0.783. The van der Waals surface area contributed by atoms with Crippen LogP contribution < -0.4 is 9.80 Å². The lowest BCUT2D eigenvalue weighted by atomic mass is 10.2. The summed E-state index contributed by atoms with van der Waals surface area (Å²) in [5.41, 5.74) is 0.509. The minimum Gasteiger partial charge on any atom is -0.450 e. The molecule has 3 amide bonds. The first kappa shape index (κ1) is 17.7. The predicted octanol–water partition coefficient (Wildman–Crippen LogP) is 0.329. The lowest BCUT2D eigenvalue weighted by Gasteiger charge is -2.33. The van der Waals surface area contributed by atoms with E-state index >= 15 is 0 Å². The van der Waals surface area contributed by atoms with E-state index in [1.54, 1.807) is 36.1 Å². The fourth-order valence-corrected chi connectivity index (χ4v) is 3.56. The Balaban J connectivity index is 1.66. The van der Waals surface area contributed by atoms with Crippen molar-refractivity contribution in [1.29, 1.82) is 0 Å². The summed E-state index contributed by atoms with van der Waals surface area (Å²) in [5, 5.41) is 0.483. The van der Waals surface area contributed by atoms with Crippen molar-refractivity contribution in [1.82, 2.24) is 4.90 Å². The van der Waals surface area contributed by atoms with Crippen LogP contribution in [0.3, 0.4) is 0 Å². The molecule has 0 aliphatic carbocycles. The van der Waals surface area contributed by atoms with E-state index in [0.717, 1.165) is 4.90 Å². The van der Waals surface area contributed by atoms with E-state index in [9.17, 15) is 14.4 Å². The number of hydrogen-bond acceptors (Lipinski definition) is 4. The molecule has 2 aliphatic rings. The topological polar surface area (TPSA) is 71.4 Å². The molecular formula is C17H21ClN3O4+. The van der Waals surface area contributed by atoms with E-state index in [4.69, 9.17) is 16.3 Å². The Kier molecular flexibility index (Phi) is 5.24. The van der Waals surface area contributed by atoms with Crippen LogP contribution in [0.25, 0.3) is 0 Å². The van der Waals surface area contributed by atoms with Crippen molar-refractivity contribution in [2.24, 2.45) is 0 Å². The van der Waals surface area contributed by atoms with Gasteiger partial charge in [0.15, 0.2) is 6.04 Å². The van der Waals surface area contributed by atoms with Crippen LogP contribution in [0.5, 0.6) is 0 Å². The molecule has 0 aromatic heterocycles. The first-order chi connectivity index (χ1) is 12.0. The van der Waals surface area contributed by atoms with Gasteiger partial charge >= 0.3 is 6.09 Å². The van der Waals surface area contributed by atoms with Gasteiger partial charge in [-0.25, -0.2) is 9.69 Å². The molecule has 0 unspecified atom stereocenters. The molecule has 7 nitrogen and oxygen atoms in total. The lowest BCUT2D eigenvalue weighted by Crippen LogP contribution is -3.19. The van der Waals surface area contributed by atoms with Gasteiger partial charge in [0.1, 0.15) is 0 Å².